The van der Waals surface area contributed by atoms with Gasteiger partial charge in [-0.1, -0.05) is 0 Å². The molecule has 0 aliphatic rings. The van der Waals surface area contributed by atoms with E-state index in [0.29, 0.717) is 5.69 Å². The molecule has 0 bridgehead atoms. The minimum Gasteiger partial charge on any atom is -0.449 e. The quantitative estimate of drug-likeness (QED) is 0.387. The molecule has 80 valence electrons. The van der Waals surface area contributed by atoms with Gasteiger partial charge in [-0.3, -0.25) is 4.79 Å². The van der Waals surface area contributed by atoms with Crippen molar-refractivity contribution in [1.29, 1.82) is 0 Å². The van der Waals surface area contributed by atoms with Gasteiger partial charge in [-0.25, -0.2) is 4.79 Å². The molecule has 0 unspecified atom stereocenters. The van der Waals surface area contributed by atoms with Crippen molar-refractivity contribution in [3.05, 3.63) is 18.2 Å². The molecule has 0 heterocycles. The third-order valence-corrected chi connectivity index (χ3v) is 1.53. The predicted octanol–water partition coefficient (Wildman–Crippen LogP) is 1.28. The summed E-state index contributed by atoms with van der Waals surface area (Å²) in [5, 5.41) is 10.9. The third kappa shape index (κ3) is 3.18. The molecule has 0 radical (unpaired) electrons. The number of nitrogens with one attached hydrogen (secondary N) is 1. The topological polar surface area (TPSA) is 102 Å². The molecular formula is C9H10N2O4. The van der Waals surface area contributed by atoms with E-state index in [1.54, 1.807) is 0 Å². The number of rotatable bonds is 2. The van der Waals surface area contributed by atoms with Crippen LogP contribution < -0.4 is 15.8 Å². The number of carbonyl (C=O) groups excluding carboxylic acids is 1. The summed E-state index contributed by atoms with van der Waals surface area (Å²) in [5.41, 5.74) is 6.13. The van der Waals surface area contributed by atoms with Gasteiger partial charge in [0.05, 0.1) is 5.69 Å². The average molecular weight is 210 g/mol. The second-order valence-electron chi connectivity index (χ2n) is 2.80. The summed E-state index contributed by atoms with van der Waals surface area (Å²) in [5.74, 6) is -0.196. The number of hydrogen-bond donors (Lipinski definition) is 3. The second-order valence-corrected chi connectivity index (χ2v) is 2.80. The van der Waals surface area contributed by atoms with E-state index in [0.717, 1.165) is 0 Å². The maximum atomic E-state index is 10.7. The van der Waals surface area contributed by atoms with Crippen LogP contribution in [-0.4, -0.2) is 17.2 Å². The zero-order valence-corrected chi connectivity index (χ0v) is 7.98. The van der Waals surface area contributed by atoms with Crippen LogP contribution in [-0.2, 0) is 4.79 Å². The first-order valence-corrected chi connectivity index (χ1v) is 4.07. The Balaban J connectivity index is 2.87. The highest BCUT2D eigenvalue weighted by Gasteiger charge is 2.06. The van der Waals surface area contributed by atoms with Gasteiger partial charge in [-0.05, 0) is 18.2 Å². The summed E-state index contributed by atoms with van der Waals surface area (Å²) in [6.45, 7) is 1.36. The molecule has 0 spiro atoms. The average Bonchev–Trinajstić information content (AvgIpc) is 2.08. The Labute approximate surface area is 85.6 Å². The first-order valence-electron chi connectivity index (χ1n) is 4.07. The summed E-state index contributed by atoms with van der Waals surface area (Å²) in [6, 6.07) is 4.28. The van der Waals surface area contributed by atoms with Gasteiger partial charge in [-0.15, -0.1) is 0 Å². The second kappa shape index (κ2) is 4.32. The Morgan fingerprint density at radius 3 is 2.60 bits per heavy atom. The summed E-state index contributed by atoms with van der Waals surface area (Å²) >= 11 is 0. The van der Waals surface area contributed by atoms with Crippen molar-refractivity contribution in [2.24, 2.45) is 0 Å². The predicted molar refractivity (Wildman–Crippen MR) is 53.8 cm³/mol. The Kier molecular flexibility index (Phi) is 3.12. The van der Waals surface area contributed by atoms with Crippen molar-refractivity contribution < 1.29 is 19.4 Å². The van der Waals surface area contributed by atoms with E-state index in [-0.39, 0.29) is 17.3 Å². The number of benzene rings is 1. The Morgan fingerprint density at radius 2 is 2.13 bits per heavy atom. The van der Waals surface area contributed by atoms with Crippen LogP contribution in [0.5, 0.6) is 5.75 Å². The third-order valence-electron chi connectivity index (χ3n) is 1.53. The summed E-state index contributed by atoms with van der Waals surface area (Å²) in [4.78, 5) is 20.9. The first-order chi connectivity index (χ1) is 6.99. The van der Waals surface area contributed by atoms with E-state index in [1.807, 2.05) is 0 Å². The maximum Gasteiger partial charge on any atom is 0.511 e. The number of ether oxygens (including phenoxy) is 1. The number of anilines is 2. The van der Waals surface area contributed by atoms with Crippen LogP contribution in [0.1, 0.15) is 6.92 Å². The van der Waals surface area contributed by atoms with Crippen LogP contribution in [0.2, 0.25) is 0 Å². The molecule has 0 aliphatic carbocycles. The number of hydrogen-bond acceptors (Lipinski definition) is 4. The fourth-order valence-electron chi connectivity index (χ4n) is 1.02. The largest absolute Gasteiger partial charge is 0.511 e. The number of nitrogens with two attached hydrogens (primary N) is 1. The highest BCUT2D eigenvalue weighted by molar-refractivity contribution is 5.89. The molecule has 4 N–H and O–H groups in total. The van der Waals surface area contributed by atoms with Gasteiger partial charge in [0.15, 0.2) is 5.75 Å². The maximum absolute atomic E-state index is 10.7. The molecule has 1 amide bonds. The minimum atomic E-state index is -1.44. The molecule has 0 saturated heterocycles. The smallest absolute Gasteiger partial charge is 0.449 e. The molecule has 1 rings (SSSR count). The molecule has 6 nitrogen and oxygen atoms in total. The standard InChI is InChI=1S/C9H10N2O4/c1-5(12)11-6-2-3-8(7(10)4-6)15-9(13)14/h2-4H,10H2,1H3,(H,11,12)(H,13,14). The number of amides is 1. The monoisotopic (exact) mass is 210 g/mol. The minimum absolute atomic E-state index is 0.0385. The van der Waals surface area contributed by atoms with E-state index in [4.69, 9.17) is 10.8 Å². The number of carbonyl (C=O) groups is 2. The van der Waals surface area contributed by atoms with Gasteiger partial charge in [0.1, 0.15) is 0 Å². The fraction of sp³-hybridized carbons (Fsp3) is 0.111. The normalized spacial score (nSPS) is 9.40. The lowest BCUT2D eigenvalue weighted by molar-refractivity contribution is -0.114. The highest BCUT2D eigenvalue weighted by atomic mass is 16.7. The summed E-state index contributed by atoms with van der Waals surface area (Å²) < 4.78 is 4.38. The van der Waals surface area contributed by atoms with Crippen LogP contribution in [0, 0.1) is 0 Å². The van der Waals surface area contributed by atoms with Crippen molar-refractivity contribution in [3.63, 3.8) is 0 Å². The van der Waals surface area contributed by atoms with Gasteiger partial charge in [0.25, 0.3) is 0 Å². The molecule has 0 aromatic heterocycles. The highest BCUT2D eigenvalue weighted by Crippen LogP contribution is 2.25. The lowest BCUT2D eigenvalue weighted by atomic mass is 10.2. The van der Waals surface area contributed by atoms with Gasteiger partial charge < -0.3 is 20.9 Å². The molecule has 0 fully saturated rings. The number of carboxylic acid groups (broad SMARTS) is 1. The van der Waals surface area contributed by atoms with Crippen LogP contribution in [0.4, 0.5) is 16.2 Å². The van der Waals surface area contributed by atoms with Crippen LogP contribution in [0.3, 0.4) is 0 Å². The zero-order valence-electron chi connectivity index (χ0n) is 7.98. The Morgan fingerprint density at radius 1 is 1.47 bits per heavy atom. The van der Waals surface area contributed by atoms with Crippen LogP contribution in [0.15, 0.2) is 18.2 Å². The van der Waals surface area contributed by atoms with E-state index in [1.165, 1.54) is 25.1 Å². The van der Waals surface area contributed by atoms with Gasteiger partial charge in [0.2, 0.25) is 5.91 Å². The van der Waals surface area contributed by atoms with Crippen LogP contribution in [0.25, 0.3) is 0 Å². The molecule has 0 saturated carbocycles. The van der Waals surface area contributed by atoms with E-state index in [2.05, 4.69) is 10.1 Å². The summed E-state index contributed by atoms with van der Waals surface area (Å²) in [7, 11) is 0. The van der Waals surface area contributed by atoms with Crippen molar-refractivity contribution >= 4 is 23.4 Å². The Hall–Kier alpha value is -2.24. The molecule has 6 heteroatoms. The molecule has 1 aromatic rings. The van der Waals surface area contributed by atoms with E-state index in [9.17, 15) is 9.59 Å². The Bertz CT molecular complexity index is 403. The van der Waals surface area contributed by atoms with Gasteiger partial charge in [-0.2, -0.15) is 0 Å². The molecule has 1 aromatic carbocycles. The van der Waals surface area contributed by atoms with Crippen molar-refractivity contribution in [3.8, 4) is 5.75 Å². The molecular weight excluding hydrogens is 200 g/mol. The van der Waals surface area contributed by atoms with Crippen LogP contribution >= 0.6 is 0 Å². The first kappa shape index (κ1) is 10.8. The lowest BCUT2D eigenvalue weighted by Gasteiger charge is -2.06. The molecule has 15 heavy (non-hydrogen) atoms. The number of nitrogen functional groups attached to an aromatic ring is 1. The zero-order chi connectivity index (χ0) is 11.4. The fourth-order valence-corrected chi connectivity index (χ4v) is 1.02. The van der Waals surface area contributed by atoms with Crippen molar-refractivity contribution in [2.45, 2.75) is 6.92 Å². The van der Waals surface area contributed by atoms with Gasteiger partial charge >= 0.3 is 6.16 Å². The van der Waals surface area contributed by atoms with E-state index >= 15 is 0 Å². The van der Waals surface area contributed by atoms with Crippen molar-refractivity contribution in [1.82, 2.24) is 0 Å². The van der Waals surface area contributed by atoms with Gasteiger partial charge in [0, 0.05) is 12.6 Å². The summed E-state index contributed by atoms with van der Waals surface area (Å²) in [6.07, 6.45) is -1.44. The molecule has 0 aliphatic heterocycles. The van der Waals surface area contributed by atoms with E-state index < -0.39 is 6.16 Å². The SMILES string of the molecule is CC(=O)Nc1ccc(OC(=O)O)c(N)c1. The lowest BCUT2D eigenvalue weighted by Crippen LogP contribution is -2.08. The molecule has 0 atom stereocenters. The van der Waals surface area contributed by atoms with Crippen molar-refractivity contribution in [2.75, 3.05) is 11.1 Å².